The van der Waals surface area contributed by atoms with E-state index in [1.54, 1.807) is 0 Å². The van der Waals surface area contributed by atoms with Crippen molar-refractivity contribution in [2.75, 3.05) is 50.5 Å². The summed E-state index contributed by atoms with van der Waals surface area (Å²) in [6.45, 7) is 1.73. The summed E-state index contributed by atoms with van der Waals surface area (Å²) in [5, 5.41) is 5.66. The van der Waals surface area contributed by atoms with Crippen molar-refractivity contribution in [2.45, 2.75) is 11.1 Å². The molecule has 1 aliphatic heterocycles. The second kappa shape index (κ2) is 10.4. The zero-order valence-corrected chi connectivity index (χ0v) is 20.2. The monoisotopic (exact) mass is 534 g/mol. The topological polar surface area (TPSA) is 115 Å². The van der Waals surface area contributed by atoms with Gasteiger partial charge in [-0.15, -0.1) is 0 Å². The lowest BCUT2D eigenvalue weighted by Crippen LogP contribution is -2.48. The zero-order chi connectivity index (χ0) is 26.0. The van der Waals surface area contributed by atoms with Crippen molar-refractivity contribution < 1.29 is 31.2 Å². The van der Waals surface area contributed by atoms with Gasteiger partial charge in [0.05, 0.1) is 21.3 Å². The van der Waals surface area contributed by atoms with E-state index in [0.29, 0.717) is 26.2 Å². The molecule has 3 rings (SSSR count). The van der Waals surface area contributed by atoms with Gasteiger partial charge in [0, 0.05) is 46.5 Å². The van der Waals surface area contributed by atoms with Gasteiger partial charge in [0.1, 0.15) is 5.82 Å². The van der Waals surface area contributed by atoms with E-state index in [0.717, 1.165) is 34.8 Å². The van der Waals surface area contributed by atoms with Crippen LogP contribution in [-0.2, 0) is 14.8 Å². The Morgan fingerprint density at radius 2 is 1.80 bits per heavy atom. The SMILES string of the molecule is CN(C)S(=O)(=O)c1ccc(NC(=O)N2CCNCC2)c(N(C(=O)C(F)(F)F)c2ccc(Cl)cn2)c1. The lowest BCUT2D eigenvalue weighted by molar-refractivity contribution is -0.169. The standard InChI is InChI=1S/C20H22ClF3N6O4S/c1-28(2)35(33,34)14-4-5-15(27-19(32)29-9-7-25-8-10-29)16(11-14)30(18(31)20(22,23)24)17-6-3-13(21)12-26-17/h3-6,11-12,25H,7-10H2,1-2H3,(H,27,32). The molecule has 0 bridgehead atoms. The van der Waals surface area contributed by atoms with Crippen LogP contribution in [0, 0.1) is 0 Å². The molecule has 1 aromatic carbocycles. The molecule has 0 spiro atoms. The molecule has 2 N–H and O–H groups in total. The summed E-state index contributed by atoms with van der Waals surface area (Å²) < 4.78 is 67.1. The number of amides is 3. The Bertz CT molecular complexity index is 1200. The summed E-state index contributed by atoms with van der Waals surface area (Å²) in [5.41, 5.74) is -0.755. The highest BCUT2D eigenvalue weighted by Crippen LogP contribution is 2.37. The quantitative estimate of drug-likeness (QED) is 0.609. The lowest BCUT2D eigenvalue weighted by Gasteiger charge is -2.29. The summed E-state index contributed by atoms with van der Waals surface area (Å²) in [6.07, 6.45) is -4.31. The van der Waals surface area contributed by atoms with Crippen molar-refractivity contribution in [1.82, 2.24) is 19.5 Å². The van der Waals surface area contributed by atoms with Crippen LogP contribution < -0.4 is 15.5 Å². The van der Waals surface area contributed by atoms with Crippen molar-refractivity contribution in [3.05, 3.63) is 41.6 Å². The van der Waals surface area contributed by atoms with E-state index >= 15 is 0 Å². The Hall–Kier alpha value is -2.94. The van der Waals surface area contributed by atoms with Crippen LogP contribution in [0.4, 0.5) is 35.2 Å². The number of halogens is 4. The van der Waals surface area contributed by atoms with Gasteiger partial charge in [-0.25, -0.2) is 22.5 Å². The van der Waals surface area contributed by atoms with Crippen LogP contribution >= 0.6 is 11.6 Å². The highest BCUT2D eigenvalue weighted by molar-refractivity contribution is 7.89. The van der Waals surface area contributed by atoms with Crippen LogP contribution in [0.5, 0.6) is 0 Å². The molecule has 1 aromatic heterocycles. The predicted octanol–water partition coefficient (Wildman–Crippen LogP) is 2.65. The number of sulfonamides is 1. The summed E-state index contributed by atoms with van der Waals surface area (Å²) in [5.74, 6) is -2.82. The molecule has 35 heavy (non-hydrogen) atoms. The number of rotatable bonds is 5. The Balaban J connectivity index is 2.19. The first-order chi connectivity index (χ1) is 16.3. The number of hydrogen-bond acceptors (Lipinski definition) is 6. The third-order valence-electron chi connectivity index (χ3n) is 5.02. The van der Waals surface area contributed by atoms with Gasteiger partial charge in [0.2, 0.25) is 10.0 Å². The Morgan fingerprint density at radius 1 is 1.14 bits per heavy atom. The molecule has 1 fully saturated rings. The second-order valence-electron chi connectivity index (χ2n) is 7.61. The van der Waals surface area contributed by atoms with Gasteiger partial charge in [-0.1, -0.05) is 11.6 Å². The molecule has 0 aliphatic carbocycles. The van der Waals surface area contributed by atoms with E-state index < -0.39 is 44.5 Å². The molecule has 10 nitrogen and oxygen atoms in total. The summed E-state index contributed by atoms with van der Waals surface area (Å²) in [6, 6.07) is 4.79. The first kappa shape index (κ1) is 26.7. The highest BCUT2D eigenvalue weighted by Gasteiger charge is 2.45. The smallest absolute Gasteiger partial charge is 0.322 e. The van der Waals surface area contributed by atoms with Crippen molar-refractivity contribution >= 4 is 50.8 Å². The highest BCUT2D eigenvalue weighted by atomic mass is 35.5. The van der Waals surface area contributed by atoms with E-state index in [1.807, 2.05) is 0 Å². The van der Waals surface area contributed by atoms with Crippen LogP contribution in [0.2, 0.25) is 5.02 Å². The van der Waals surface area contributed by atoms with Crippen LogP contribution in [-0.4, -0.2) is 81.0 Å². The first-order valence-corrected chi connectivity index (χ1v) is 12.0. The lowest BCUT2D eigenvalue weighted by atomic mass is 10.2. The number of carbonyl (C=O) groups is 2. The number of carbonyl (C=O) groups excluding carboxylic acids is 2. The predicted molar refractivity (Wildman–Crippen MR) is 123 cm³/mol. The van der Waals surface area contributed by atoms with Crippen molar-refractivity contribution in [3.8, 4) is 0 Å². The maximum Gasteiger partial charge on any atom is 0.472 e. The molecular formula is C20H22ClF3N6O4S. The number of alkyl halides is 3. The first-order valence-electron chi connectivity index (χ1n) is 10.2. The fourth-order valence-corrected chi connectivity index (χ4v) is 4.23. The van der Waals surface area contributed by atoms with Gasteiger partial charge in [-0.3, -0.25) is 9.69 Å². The number of benzene rings is 1. The van der Waals surface area contributed by atoms with Crippen molar-refractivity contribution in [2.24, 2.45) is 0 Å². The average molecular weight is 535 g/mol. The minimum absolute atomic E-state index is 0.101. The summed E-state index contributed by atoms with van der Waals surface area (Å²) >= 11 is 5.80. The fraction of sp³-hybridized carbons (Fsp3) is 0.350. The van der Waals surface area contributed by atoms with Crippen LogP contribution in [0.15, 0.2) is 41.4 Å². The Labute approximate surface area is 204 Å². The second-order valence-corrected chi connectivity index (χ2v) is 10.2. The van der Waals surface area contributed by atoms with E-state index in [-0.39, 0.29) is 15.6 Å². The number of urea groups is 1. The van der Waals surface area contributed by atoms with Gasteiger partial charge in [0.25, 0.3) is 0 Å². The van der Waals surface area contributed by atoms with Crippen LogP contribution in [0.1, 0.15) is 0 Å². The molecule has 0 saturated carbocycles. The number of nitrogens with one attached hydrogen (secondary N) is 2. The summed E-state index contributed by atoms with van der Waals surface area (Å²) in [7, 11) is -1.62. The molecule has 3 amide bonds. The molecule has 1 aliphatic rings. The van der Waals surface area contributed by atoms with E-state index in [4.69, 9.17) is 11.6 Å². The molecule has 0 atom stereocenters. The van der Waals surface area contributed by atoms with Crippen LogP contribution in [0.3, 0.4) is 0 Å². The van der Waals surface area contributed by atoms with Gasteiger partial charge < -0.3 is 15.5 Å². The van der Waals surface area contributed by atoms with Gasteiger partial charge in [-0.2, -0.15) is 13.2 Å². The maximum atomic E-state index is 13.6. The summed E-state index contributed by atoms with van der Waals surface area (Å²) in [4.78, 5) is 30.3. The van der Waals surface area contributed by atoms with Gasteiger partial charge in [-0.05, 0) is 30.3 Å². The van der Waals surface area contributed by atoms with Crippen molar-refractivity contribution in [1.29, 1.82) is 0 Å². The van der Waals surface area contributed by atoms with E-state index in [2.05, 4.69) is 15.6 Å². The zero-order valence-electron chi connectivity index (χ0n) is 18.6. The average Bonchev–Trinajstić information content (AvgIpc) is 2.81. The molecule has 190 valence electrons. The number of pyridine rings is 1. The van der Waals surface area contributed by atoms with Crippen molar-refractivity contribution in [3.63, 3.8) is 0 Å². The van der Waals surface area contributed by atoms with Crippen LogP contribution in [0.25, 0.3) is 0 Å². The molecule has 2 heterocycles. The molecule has 0 radical (unpaired) electrons. The third-order valence-corrected chi connectivity index (χ3v) is 7.06. The number of anilines is 3. The maximum absolute atomic E-state index is 13.6. The van der Waals surface area contributed by atoms with Gasteiger partial charge >= 0.3 is 18.1 Å². The molecule has 1 saturated heterocycles. The number of piperazine rings is 1. The molecule has 2 aromatic rings. The largest absolute Gasteiger partial charge is 0.472 e. The number of hydrogen-bond donors (Lipinski definition) is 2. The Morgan fingerprint density at radius 3 is 2.34 bits per heavy atom. The molecule has 15 heteroatoms. The van der Waals surface area contributed by atoms with E-state index in [1.165, 1.54) is 25.1 Å². The third kappa shape index (κ3) is 6.01. The Kier molecular flexibility index (Phi) is 7.89. The number of nitrogens with zero attached hydrogens (tertiary/aromatic N) is 4. The van der Waals surface area contributed by atoms with Gasteiger partial charge in [0.15, 0.2) is 0 Å². The fourth-order valence-electron chi connectivity index (χ4n) is 3.20. The van der Waals surface area contributed by atoms with E-state index in [9.17, 15) is 31.2 Å². The number of aromatic nitrogens is 1. The minimum Gasteiger partial charge on any atom is -0.322 e. The molecular weight excluding hydrogens is 513 g/mol. The normalized spacial score (nSPS) is 14.7. The molecule has 0 unspecified atom stereocenters. The minimum atomic E-state index is -5.35.